The van der Waals surface area contributed by atoms with Crippen molar-refractivity contribution in [1.82, 2.24) is 5.32 Å². The van der Waals surface area contributed by atoms with Crippen molar-refractivity contribution < 1.29 is 64.6 Å². The molecule has 2 saturated heterocycles. The maximum absolute atomic E-state index is 13.2. The predicted molar refractivity (Wildman–Crippen MR) is 327 cm³/mol. The highest BCUT2D eigenvalue weighted by molar-refractivity contribution is 5.76. The Bertz CT molecular complexity index is 1540. The molecule has 0 saturated carbocycles. The summed E-state index contributed by atoms with van der Waals surface area (Å²) in [6.07, 6.45) is 50.8. The fraction of sp³-hybridized carbons (Fsp3) is 0.866. The van der Waals surface area contributed by atoms with E-state index in [0.29, 0.717) is 12.8 Å². The van der Waals surface area contributed by atoms with Crippen LogP contribution in [0.5, 0.6) is 0 Å². The van der Waals surface area contributed by atoms with Gasteiger partial charge in [0.1, 0.15) is 48.8 Å². The number of hydrogen-bond donors (Lipinski definition) is 9. The molecular formula is C67H123NO13. The van der Waals surface area contributed by atoms with Crippen LogP contribution in [0.15, 0.2) is 48.6 Å². The number of hydrogen-bond acceptors (Lipinski definition) is 13. The smallest absolute Gasteiger partial charge is 0.220 e. The van der Waals surface area contributed by atoms with Gasteiger partial charge in [-0.05, 0) is 51.4 Å². The highest BCUT2D eigenvalue weighted by atomic mass is 16.7. The molecule has 2 aliphatic rings. The van der Waals surface area contributed by atoms with Crippen LogP contribution in [-0.2, 0) is 23.7 Å². The minimum absolute atomic E-state index is 0.208. The number of aliphatic hydroxyl groups is 8. The molecule has 12 unspecified atom stereocenters. The number of rotatable bonds is 54. The van der Waals surface area contributed by atoms with Crippen LogP contribution >= 0.6 is 0 Å². The van der Waals surface area contributed by atoms with Crippen molar-refractivity contribution in [1.29, 1.82) is 0 Å². The molecule has 2 aliphatic heterocycles. The highest BCUT2D eigenvalue weighted by Gasteiger charge is 2.51. The molecule has 0 aromatic rings. The van der Waals surface area contributed by atoms with Gasteiger partial charge in [-0.15, -0.1) is 0 Å². The van der Waals surface area contributed by atoms with Crippen LogP contribution in [-0.4, -0.2) is 140 Å². The number of carbonyl (C=O) groups is 1. The van der Waals surface area contributed by atoms with Crippen LogP contribution in [0.25, 0.3) is 0 Å². The van der Waals surface area contributed by atoms with Crippen molar-refractivity contribution in [3.63, 3.8) is 0 Å². The largest absolute Gasteiger partial charge is 0.394 e. The topological polar surface area (TPSA) is 228 Å². The predicted octanol–water partition coefficient (Wildman–Crippen LogP) is 12.7. The van der Waals surface area contributed by atoms with E-state index >= 15 is 0 Å². The Morgan fingerprint density at radius 2 is 0.852 bits per heavy atom. The van der Waals surface area contributed by atoms with E-state index < -0.39 is 86.8 Å². The number of unbranched alkanes of at least 4 members (excludes halogenated alkanes) is 33. The Kier molecular flexibility index (Phi) is 48.5. The SMILES string of the molecule is CC/C=C\C/C=C\C/C=C\C/C=C\CCCCCCCCCCCCCCCCCCCCCCCCCCCCCCC(=O)NC(COC1OC(CO)C(OC2OC(CO)C(O)C(O)C2O)C(O)C1O)C(O)CCCCCCCC. The van der Waals surface area contributed by atoms with Crippen LogP contribution in [0, 0.1) is 0 Å². The number of amides is 1. The first-order valence-corrected chi connectivity index (χ1v) is 33.4. The lowest BCUT2D eigenvalue weighted by Gasteiger charge is -2.46. The molecular weight excluding hydrogens is 1030 g/mol. The molecule has 0 radical (unpaired) electrons. The Hall–Kier alpha value is -2.05. The van der Waals surface area contributed by atoms with Crippen LogP contribution < -0.4 is 5.32 Å². The zero-order chi connectivity index (χ0) is 58.8. The van der Waals surface area contributed by atoms with E-state index in [4.69, 9.17) is 18.9 Å². The van der Waals surface area contributed by atoms with E-state index in [-0.39, 0.29) is 12.5 Å². The molecule has 0 bridgehead atoms. The molecule has 14 heteroatoms. The summed E-state index contributed by atoms with van der Waals surface area (Å²) in [4.78, 5) is 13.2. The summed E-state index contributed by atoms with van der Waals surface area (Å²) < 4.78 is 22.7. The fourth-order valence-corrected chi connectivity index (χ4v) is 11.0. The van der Waals surface area contributed by atoms with Crippen molar-refractivity contribution in [2.75, 3.05) is 19.8 Å². The van der Waals surface area contributed by atoms with Gasteiger partial charge >= 0.3 is 0 Å². The summed E-state index contributed by atoms with van der Waals surface area (Å²) in [6, 6.07) is -0.823. The second-order valence-electron chi connectivity index (χ2n) is 23.6. The Morgan fingerprint density at radius 3 is 1.31 bits per heavy atom. The quantitative estimate of drug-likeness (QED) is 0.0204. The number of nitrogens with one attached hydrogen (secondary N) is 1. The second-order valence-corrected chi connectivity index (χ2v) is 23.6. The fourth-order valence-electron chi connectivity index (χ4n) is 11.0. The third kappa shape index (κ3) is 37.2. The molecule has 0 aliphatic carbocycles. The lowest BCUT2D eigenvalue weighted by Crippen LogP contribution is -2.65. The summed E-state index contributed by atoms with van der Waals surface area (Å²) in [5.74, 6) is -0.208. The number of carbonyl (C=O) groups excluding carboxylic acids is 1. The van der Waals surface area contributed by atoms with Crippen LogP contribution in [0.2, 0.25) is 0 Å². The lowest BCUT2D eigenvalue weighted by atomic mass is 9.97. The van der Waals surface area contributed by atoms with Gasteiger partial charge in [0.25, 0.3) is 0 Å². The normalized spacial score (nSPS) is 24.4. The number of ether oxygens (including phenoxy) is 4. The van der Waals surface area contributed by atoms with Crippen molar-refractivity contribution in [2.45, 2.75) is 351 Å². The van der Waals surface area contributed by atoms with E-state index in [1.165, 1.54) is 161 Å². The maximum Gasteiger partial charge on any atom is 0.220 e. The molecule has 0 aromatic carbocycles. The molecule has 0 spiro atoms. The molecule has 14 nitrogen and oxygen atoms in total. The first-order valence-electron chi connectivity index (χ1n) is 33.4. The second kappa shape index (κ2) is 52.3. The minimum atomic E-state index is -1.78. The standard InChI is InChI=1S/C67H123NO13/c1-3-5-7-9-11-12-13-14-15-16-17-18-19-20-21-22-23-24-25-26-27-28-29-30-31-32-33-34-35-36-37-38-39-40-41-42-43-44-45-47-49-51-59(72)68-55(56(71)50-48-46-10-8-6-4-2)54-78-66-64(77)62(75)65(58(53-70)80-66)81-67-63(76)61(74)60(73)57(52-69)79-67/h5,7,11-12,14-15,17-18,55-58,60-67,69-71,73-77H,3-4,6,8-10,13,16,19-54H2,1-2H3,(H,68,72)/b7-5-,12-11-,15-14-,18-17-. The summed E-state index contributed by atoms with van der Waals surface area (Å²) in [6.45, 7) is 2.68. The van der Waals surface area contributed by atoms with Crippen LogP contribution in [0.4, 0.5) is 0 Å². The van der Waals surface area contributed by atoms with Crippen molar-refractivity contribution in [2.24, 2.45) is 0 Å². The molecule has 1 amide bonds. The molecule has 0 aromatic heterocycles. The van der Waals surface area contributed by atoms with E-state index in [0.717, 1.165) is 89.9 Å². The Morgan fingerprint density at radius 1 is 0.457 bits per heavy atom. The van der Waals surface area contributed by atoms with E-state index in [9.17, 15) is 45.6 Å². The summed E-state index contributed by atoms with van der Waals surface area (Å²) in [7, 11) is 0. The molecule has 2 heterocycles. The van der Waals surface area contributed by atoms with Crippen LogP contribution in [0.1, 0.15) is 277 Å². The maximum atomic E-state index is 13.2. The average molecular weight is 1150 g/mol. The lowest BCUT2D eigenvalue weighted by molar-refractivity contribution is -0.359. The number of allylic oxidation sites excluding steroid dienone is 8. The number of aliphatic hydroxyl groups excluding tert-OH is 8. The Balaban J connectivity index is 1.45. The summed E-state index contributed by atoms with van der Waals surface area (Å²) in [5.41, 5.74) is 0. The van der Waals surface area contributed by atoms with Gasteiger partial charge in [-0.25, -0.2) is 0 Å². The molecule has 2 rings (SSSR count). The summed E-state index contributed by atoms with van der Waals surface area (Å²) in [5, 5.41) is 86.8. The van der Waals surface area contributed by atoms with Gasteiger partial charge in [0, 0.05) is 6.42 Å². The first kappa shape index (κ1) is 75.0. The third-order valence-electron chi connectivity index (χ3n) is 16.3. The van der Waals surface area contributed by atoms with Crippen molar-refractivity contribution in [3.05, 3.63) is 48.6 Å². The van der Waals surface area contributed by atoms with Gasteiger partial charge in [-0.2, -0.15) is 0 Å². The molecule has 81 heavy (non-hydrogen) atoms. The average Bonchev–Trinajstić information content (AvgIpc) is 3.55. The first-order chi connectivity index (χ1) is 39.6. The van der Waals surface area contributed by atoms with Gasteiger partial charge in [0.15, 0.2) is 12.6 Å². The Labute approximate surface area is 493 Å². The van der Waals surface area contributed by atoms with Gasteiger partial charge in [-0.3, -0.25) is 4.79 Å². The molecule has 2 fully saturated rings. The van der Waals surface area contributed by atoms with Gasteiger partial charge in [0.2, 0.25) is 5.91 Å². The van der Waals surface area contributed by atoms with Crippen molar-refractivity contribution >= 4 is 5.91 Å². The van der Waals surface area contributed by atoms with E-state index in [1.807, 2.05) is 0 Å². The molecule has 9 N–H and O–H groups in total. The van der Waals surface area contributed by atoms with Crippen LogP contribution in [0.3, 0.4) is 0 Å². The zero-order valence-electron chi connectivity index (χ0n) is 51.3. The molecule has 474 valence electrons. The van der Waals surface area contributed by atoms with E-state index in [1.54, 1.807) is 0 Å². The van der Waals surface area contributed by atoms with E-state index in [2.05, 4.69) is 67.8 Å². The highest BCUT2D eigenvalue weighted by Crippen LogP contribution is 2.30. The van der Waals surface area contributed by atoms with Gasteiger partial charge < -0.3 is 65.1 Å². The zero-order valence-corrected chi connectivity index (χ0v) is 51.3. The monoisotopic (exact) mass is 1150 g/mol. The molecule has 12 atom stereocenters. The third-order valence-corrected chi connectivity index (χ3v) is 16.3. The summed E-state index contributed by atoms with van der Waals surface area (Å²) >= 11 is 0. The minimum Gasteiger partial charge on any atom is -0.394 e. The van der Waals surface area contributed by atoms with Crippen molar-refractivity contribution in [3.8, 4) is 0 Å². The van der Waals surface area contributed by atoms with Gasteiger partial charge in [0.05, 0.1) is 32.0 Å². The van der Waals surface area contributed by atoms with Gasteiger partial charge in [-0.1, -0.05) is 268 Å².